The molecule has 0 aliphatic carbocycles. The van der Waals surface area contributed by atoms with E-state index >= 15 is 0 Å². The molecule has 1 atom stereocenters. The molecule has 0 saturated carbocycles. The summed E-state index contributed by atoms with van der Waals surface area (Å²) in [7, 11) is 1.88. The first-order valence-electron chi connectivity index (χ1n) is 5.77. The first-order chi connectivity index (χ1) is 8.66. The Labute approximate surface area is 111 Å². The van der Waals surface area contributed by atoms with Crippen LogP contribution < -0.4 is 5.32 Å². The second-order valence-electron chi connectivity index (χ2n) is 4.19. The zero-order chi connectivity index (χ0) is 13.0. The molecule has 2 aromatic rings. The van der Waals surface area contributed by atoms with Crippen LogP contribution in [-0.2, 0) is 13.6 Å². The molecule has 0 spiro atoms. The maximum absolute atomic E-state index is 10.0. The topological polar surface area (TPSA) is 50.1 Å². The third kappa shape index (κ3) is 3.32. The molecule has 96 valence electrons. The van der Waals surface area contributed by atoms with Gasteiger partial charge in [-0.25, -0.2) is 0 Å². The smallest absolute Gasteiger partial charge is 0.0928 e. The van der Waals surface area contributed by atoms with Crippen LogP contribution in [0.4, 0.5) is 0 Å². The Hall–Kier alpha value is -1.36. The summed E-state index contributed by atoms with van der Waals surface area (Å²) in [6, 6.07) is 7.33. The van der Waals surface area contributed by atoms with Gasteiger partial charge in [-0.15, -0.1) is 0 Å². The SMILES string of the molecule is Cn1cc(CNCC(O)c2ccccc2Cl)cn1. The number of rotatable bonds is 5. The minimum atomic E-state index is -0.602. The summed E-state index contributed by atoms with van der Waals surface area (Å²) in [4.78, 5) is 0. The third-order valence-electron chi connectivity index (χ3n) is 2.69. The molecule has 18 heavy (non-hydrogen) atoms. The van der Waals surface area contributed by atoms with Crippen molar-refractivity contribution in [3.05, 3.63) is 52.8 Å². The number of aliphatic hydroxyl groups is 1. The summed E-state index contributed by atoms with van der Waals surface area (Å²) >= 11 is 6.02. The van der Waals surface area contributed by atoms with E-state index in [4.69, 9.17) is 11.6 Å². The lowest BCUT2D eigenvalue weighted by molar-refractivity contribution is 0.174. The quantitative estimate of drug-likeness (QED) is 0.868. The van der Waals surface area contributed by atoms with Gasteiger partial charge in [0.2, 0.25) is 0 Å². The molecule has 4 nitrogen and oxygen atoms in total. The largest absolute Gasteiger partial charge is 0.387 e. The zero-order valence-electron chi connectivity index (χ0n) is 10.2. The molecule has 0 aliphatic heterocycles. The van der Waals surface area contributed by atoms with Gasteiger partial charge >= 0.3 is 0 Å². The fourth-order valence-electron chi connectivity index (χ4n) is 1.77. The molecule has 0 saturated heterocycles. The van der Waals surface area contributed by atoms with Crippen molar-refractivity contribution < 1.29 is 5.11 Å². The molecule has 5 heteroatoms. The second kappa shape index (κ2) is 6.00. The van der Waals surface area contributed by atoms with E-state index in [0.29, 0.717) is 18.1 Å². The first kappa shape index (κ1) is 13.1. The summed E-state index contributed by atoms with van der Waals surface area (Å²) in [5.41, 5.74) is 1.83. The van der Waals surface area contributed by atoms with Crippen LogP contribution in [0.2, 0.25) is 5.02 Å². The van der Waals surface area contributed by atoms with E-state index in [1.165, 1.54) is 0 Å². The van der Waals surface area contributed by atoms with E-state index < -0.39 is 6.10 Å². The first-order valence-corrected chi connectivity index (χ1v) is 6.15. The molecule has 0 fully saturated rings. The molecule has 1 aromatic heterocycles. The van der Waals surface area contributed by atoms with Gasteiger partial charge in [0.15, 0.2) is 0 Å². The Bertz CT molecular complexity index is 512. The van der Waals surface area contributed by atoms with Gasteiger partial charge in [-0.3, -0.25) is 4.68 Å². The van der Waals surface area contributed by atoms with Gasteiger partial charge in [0.25, 0.3) is 0 Å². The summed E-state index contributed by atoms with van der Waals surface area (Å²) in [6.07, 6.45) is 3.14. The Balaban J connectivity index is 1.85. The maximum Gasteiger partial charge on any atom is 0.0928 e. The summed E-state index contributed by atoms with van der Waals surface area (Å²) in [5.74, 6) is 0. The highest BCUT2D eigenvalue weighted by atomic mass is 35.5. The van der Waals surface area contributed by atoms with E-state index in [1.807, 2.05) is 31.4 Å². The standard InChI is InChI=1S/C13H16ClN3O/c1-17-9-10(7-16-17)6-15-8-13(18)11-4-2-3-5-12(11)14/h2-5,7,9,13,15,18H,6,8H2,1H3. The van der Waals surface area contributed by atoms with Gasteiger partial charge in [0.05, 0.1) is 12.3 Å². The fraction of sp³-hybridized carbons (Fsp3) is 0.308. The van der Waals surface area contributed by atoms with Crippen LogP contribution in [0.25, 0.3) is 0 Å². The van der Waals surface area contributed by atoms with Crippen LogP contribution in [0.5, 0.6) is 0 Å². The molecule has 1 heterocycles. The number of nitrogens with zero attached hydrogens (tertiary/aromatic N) is 2. The molecule has 0 bridgehead atoms. The van der Waals surface area contributed by atoms with Crippen molar-refractivity contribution in [2.75, 3.05) is 6.54 Å². The summed E-state index contributed by atoms with van der Waals surface area (Å²) in [6.45, 7) is 1.13. The predicted octanol–water partition coefficient (Wildman–Crippen LogP) is 1.90. The van der Waals surface area contributed by atoms with Crippen molar-refractivity contribution in [1.29, 1.82) is 0 Å². The fourth-order valence-corrected chi connectivity index (χ4v) is 2.03. The number of aromatic nitrogens is 2. The van der Waals surface area contributed by atoms with E-state index in [2.05, 4.69) is 10.4 Å². The lowest BCUT2D eigenvalue weighted by atomic mass is 10.1. The number of hydrogen-bond donors (Lipinski definition) is 2. The van der Waals surface area contributed by atoms with Crippen molar-refractivity contribution in [3.8, 4) is 0 Å². The zero-order valence-corrected chi connectivity index (χ0v) is 10.9. The highest BCUT2D eigenvalue weighted by Crippen LogP contribution is 2.21. The van der Waals surface area contributed by atoms with Crippen LogP contribution in [0.3, 0.4) is 0 Å². The third-order valence-corrected chi connectivity index (χ3v) is 3.03. The Morgan fingerprint density at radius 3 is 2.89 bits per heavy atom. The molecule has 2 rings (SSSR count). The van der Waals surface area contributed by atoms with Gasteiger partial charge in [-0.1, -0.05) is 29.8 Å². The number of hydrogen-bond acceptors (Lipinski definition) is 3. The summed E-state index contributed by atoms with van der Waals surface area (Å²) < 4.78 is 1.75. The van der Waals surface area contributed by atoms with Crippen molar-refractivity contribution in [1.82, 2.24) is 15.1 Å². The Morgan fingerprint density at radius 2 is 2.22 bits per heavy atom. The average Bonchev–Trinajstić information content (AvgIpc) is 2.75. The lowest BCUT2D eigenvalue weighted by Crippen LogP contribution is -2.21. The normalized spacial score (nSPS) is 12.6. The molecular formula is C13H16ClN3O. The highest BCUT2D eigenvalue weighted by molar-refractivity contribution is 6.31. The van der Waals surface area contributed by atoms with Gasteiger partial charge in [-0.2, -0.15) is 5.10 Å². The predicted molar refractivity (Wildman–Crippen MR) is 71.3 cm³/mol. The van der Waals surface area contributed by atoms with Crippen LogP contribution in [0.1, 0.15) is 17.2 Å². The van der Waals surface area contributed by atoms with Crippen molar-refractivity contribution in [2.24, 2.45) is 7.05 Å². The molecule has 0 amide bonds. The average molecular weight is 266 g/mol. The minimum absolute atomic E-state index is 0.457. The summed E-state index contributed by atoms with van der Waals surface area (Å²) in [5, 5.41) is 17.9. The van der Waals surface area contributed by atoms with Crippen molar-refractivity contribution in [2.45, 2.75) is 12.6 Å². The number of aliphatic hydroxyl groups excluding tert-OH is 1. The molecular weight excluding hydrogens is 250 g/mol. The van der Waals surface area contributed by atoms with E-state index in [-0.39, 0.29) is 0 Å². The van der Waals surface area contributed by atoms with Crippen LogP contribution >= 0.6 is 11.6 Å². The number of benzene rings is 1. The Kier molecular flexibility index (Phi) is 4.36. The van der Waals surface area contributed by atoms with Crippen LogP contribution in [-0.4, -0.2) is 21.4 Å². The monoisotopic (exact) mass is 265 g/mol. The van der Waals surface area contributed by atoms with E-state index in [0.717, 1.165) is 11.1 Å². The lowest BCUT2D eigenvalue weighted by Gasteiger charge is -2.13. The molecule has 0 radical (unpaired) electrons. The van der Waals surface area contributed by atoms with Gasteiger partial charge in [-0.05, 0) is 6.07 Å². The second-order valence-corrected chi connectivity index (χ2v) is 4.60. The van der Waals surface area contributed by atoms with Crippen LogP contribution in [0, 0.1) is 0 Å². The van der Waals surface area contributed by atoms with E-state index in [9.17, 15) is 5.11 Å². The Morgan fingerprint density at radius 1 is 1.44 bits per heavy atom. The van der Waals surface area contributed by atoms with Crippen LogP contribution in [0.15, 0.2) is 36.7 Å². The minimum Gasteiger partial charge on any atom is -0.387 e. The maximum atomic E-state index is 10.0. The van der Waals surface area contributed by atoms with E-state index in [1.54, 1.807) is 16.9 Å². The molecule has 0 aliphatic rings. The van der Waals surface area contributed by atoms with Gasteiger partial charge < -0.3 is 10.4 Å². The van der Waals surface area contributed by atoms with Gasteiger partial charge in [0.1, 0.15) is 0 Å². The number of aryl methyl sites for hydroxylation is 1. The molecule has 2 N–H and O–H groups in total. The number of nitrogens with one attached hydrogen (secondary N) is 1. The van der Waals surface area contributed by atoms with Crippen molar-refractivity contribution >= 4 is 11.6 Å². The molecule has 1 aromatic carbocycles. The highest BCUT2D eigenvalue weighted by Gasteiger charge is 2.10. The number of halogens is 1. The van der Waals surface area contributed by atoms with Gasteiger partial charge in [0, 0.05) is 42.5 Å². The molecule has 1 unspecified atom stereocenters. The van der Waals surface area contributed by atoms with Crippen molar-refractivity contribution in [3.63, 3.8) is 0 Å².